The number of carboxylic acid groups (broad SMARTS) is 1. The van der Waals surface area contributed by atoms with E-state index in [9.17, 15) is 4.79 Å². The molecular formula is C19H23N3O4. The molecule has 0 bridgehead atoms. The van der Waals surface area contributed by atoms with E-state index in [0.29, 0.717) is 31.3 Å². The summed E-state index contributed by atoms with van der Waals surface area (Å²) in [5.41, 5.74) is 2.82. The molecule has 0 saturated carbocycles. The number of hydrogen-bond donors (Lipinski definition) is 1. The van der Waals surface area contributed by atoms with Crippen LogP contribution in [0, 0.1) is 13.8 Å². The number of nitrogens with zero attached hydrogens (tertiary/aromatic N) is 3. The lowest BCUT2D eigenvalue weighted by atomic mass is 10.1. The molecule has 1 fully saturated rings. The van der Waals surface area contributed by atoms with Crippen LogP contribution in [0.4, 0.5) is 0 Å². The molecule has 1 aromatic heterocycles. The van der Waals surface area contributed by atoms with Gasteiger partial charge >= 0.3 is 5.97 Å². The van der Waals surface area contributed by atoms with Crippen LogP contribution < -0.4 is 4.74 Å². The third kappa shape index (κ3) is 4.77. The predicted octanol–water partition coefficient (Wildman–Crippen LogP) is 2.13. The van der Waals surface area contributed by atoms with E-state index in [-0.39, 0.29) is 12.7 Å². The Balaban J connectivity index is 1.70. The fourth-order valence-corrected chi connectivity index (χ4v) is 3.06. The summed E-state index contributed by atoms with van der Waals surface area (Å²) < 4.78 is 11.3. The second kappa shape index (κ2) is 8.25. The van der Waals surface area contributed by atoms with Crippen LogP contribution in [0.2, 0.25) is 0 Å². The fourth-order valence-electron chi connectivity index (χ4n) is 3.06. The smallest absolute Gasteiger partial charge is 0.341 e. The van der Waals surface area contributed by atoms with E-state index in [1.54, 1.807) is 6.07 Å². The van der Waals surface area contributed by atoms with Gasteiger partial charge in [0.15, 0.2) is 12.4 Å². The first-order valence-corrected chi connectivity index (χ1v) is 8.60. The summed E-state index contributed by atoms with van der Waals surface area (Å²) in [6, 6.07) is 9.46. The molecule has 2 heterocycles. The standard InChI is InChI=1S/C19H23N3O4/c1-13-9-14(2)21-19(20-13)17-11-22(7-8-25-17)10-15-5-3-4-6-16(15)26-12-18(23)24/h3-6,9,17H,7-8,10-12H2,1-2H3,(H,23,24)/t17-/m0/s1. The van der Waals surface area contributed by atoms with E-state index in [4.69, 9.17) is 14.6 Å². The molecule has 1 aliphatic heterocycles. The minimum Gasteiger partial charge on any atom is -0.482 e. The molecule has 0 radical (unpaired) electrons. The lowest BCUT2D eigenvalue weighted by Crippen LogP contribution is -2.38. The number of carbonyl (C=O) groups is 1. The molecule has 1 aromatic carbocycles. The van der Waals surface area contributed by atoms with Gasteiger partial charge in [-0.1, -0.05) is 18.2 Å². The van der Waals surface area contributed by atoms with Gasteiger partial charge in [-0.05, 0) is 26.0 Å². The normalized spacial score (nSPS) is 17.8. The van der Waals surface area contributed by atoms with Gasteiger partial charge in [0.05, 0.1) is 6.61 Å². The molecule has 0 aliphatic carbocycles. The van der Waals surface area contributed by atoms with Gasteiger partial charge in [0.25, 0.3) is 0 Å². The van der Waals surface area contributed by atoms with Crippen molar-refractivity contribution in [1.82, 2.24) is 14.9 Å². The van der Waals surface area contributed by atoms with Crippen molar-refractivity contribution in [3.05, 3.63) is 53.1 Å². The number of aliphatic carboxylic acids is 1. The zero-order valence-electron chi connectivity index (χ0n) is 15.0. The largest absolute Gasteiger partial charge is 0.482 e. The molecule has 1 N–H and O–H groups in total. The number of hydrogen-bond acceptors (Lipinski definition) is 6. The zero-order chi connectivity index (χ0) is 18.5. The summed E-state index contributed by atoms with van der Waals surface area (Å²) in [6.07, 6.45) is -0.172. The highest BCUT2D eigenvalue weighted by Crippen LogP contribution is 2.24. The number of para-hydroxylation sites is 1. The van der Waals surface area contributed by atoms with E-state index in [0.717, 1.165) is 23.5 Å². The first-order chi connectivity index (χ1) is 12.5. The minimum absolute atomic E-state index is 0.172. The van der Waals surface area contributed by atoms with Crippen molar-refractivity contribution < 1.29 is 19.4 Å². The van der Waals surface area contributed by atoms with Gasteiger partial charge in [0.2, 0.25) is 0 Å². The second-order valence-electron chi connectivity index (χ2n) is 6.39. The van der Waals surface area contributed by atoms with Crippen molar-refractivity contribution in [1.29, 1.82) is 0 Å². The first-order valence-electron chi connectivity index (χ1n) is 8.60. The Labute approximate surface area is 152 Å². The Morgan fingerprint density at radius 2 is 2.04 bits per heavy atom. The van der Waals surface area contributed by atoms with Crippen LogP contribution in [0.5, 0.6) is 5.75 Å². The van der Waals surface area contributed by atoms with Gasteiger partial charge in [-0.15, -0.1) is 0 Å². The minimum atomic E-state index is -0.988. The molecule has 1 saturated heterocycles. The second-order valence-corrected chi connectivity index (χ2v) is 6.39. The molecule has 7 nitrogen and oxygen atoms in total. The predicted molar refractivity (Wildman–Crippen MR) is 95.0 cm³/mol. The van der Waals surface area contributed by atoms with Crippen LogP contribution in [0.15, 0.2) is 30.3 Å². The SMILES string of the molecule is Cc1cc(C)nc([C@@H]2CN(Cc3ccccc3OCC(=O)O)CCO2)n1. The number of rotatable bonds is 6. The van der Waals surface area contributed by atoms with Crippen molar-refractivity contribution in [2.45, 2.75) is 26.5 Å². The maximum absolute atomic E-state index is 10.8. The highest BCUT2D eigenvalue weighted by molar-refractivity contribution is 5.68. The Morgan fingerprint density at radius 3 is 2.77 bits per heavy atom. The number of ether oxygens (including phenoxy) is 2. The summed E-state index contributed by atoms with van der Waals surface area (Å²) in [5.74, 6) is 0.321. The van der Waals surface area contributed by atoms with Crippen LogP contribution in [0.25, 0.3) is 0 Å². The Morgan fingerprint density at radius 1 is 1.31 bits per heavy atom. The molecule has 3 rings (SSSR count). The van der Waals surface area contributed by atoms with Gasteiger partial charge in [-0.3, -0.25) is 4.90 Å². The van der Waals surface area contributed by atoms with Crippen molar-refractivity contribution in [3.63, 3.8) is 0 Å². The van der Waals surface area contributed by atoms with E-state index in [1.807, 2.05) is 38.1 Å². The number of morpholine rings is 1. The molecule has 0 unspecified atom stereocenters. The Bertz CT molecular complexity index is 761. The molecule has 138 valence electrons. The summed E-state index contributed by atoms with van der Waals surface area (Å²) >= 11 is 0. The van der Waals surface area contributed by atoms with Crippen molar-refractivity contribution in [2.24, 2.45) is 0 Å². The van der Waals surface area contributed by atoms with E-state index < -0.39 is 5.97 Å². The lowest BCUT2D eigenvalue weighted by Gasteiger charge is -2.32. The molecule has 26 heavy (non-hydrogen) atoms. The molecule has 2 aromatic rings. The van der Waals surface area contributed by atoms with Crippen LogP contribution in [0.3, 0.4) is 0 Å². The monoisotopic (exact) mass is 357 g/mol. The molecule has 0 spiro atoms. The Hall–Kier alpha value is -2.51. The first kappa shape index (κ1) is 18.3. The van der Waals surface area contributed by atoms with Gasteiger partial charge in [-0.25, -0.2) is 14.8 Å². The quantitative estimate of drug-likeness (QED) is 0.848. The number of carboxylic acids is 1. The summed E-state index contributed by atoms with van der Waals surface area (Å²) in [4.78, 5) is 22.0. The van der Waals surface area contributed by atoms with Crippen molar-refractivity contribution >= 4 is 5.97 Å². The molecular weight excluding hydrogens is 334 g/mol. The summed E-state index contributed by atoms with van der Waals surface area (Å²) in [5, 5.41) is 8.83. The highest BCUT2D eigenvalue weighted by Gasteiger charge is 2.25. The third-order valence-corrected chi connectivity index (χ3v) is 4.16. The maximum atomic E-state index is 10.8. The van der Waals surface area contributed by atoms with Crippen LogP contribution in [0.1, 0.15) is 28.9 Å². The number of aromatic nitrogens is 2. The summed E-state index contributed by atoms with van der Waals surface area (Å²) in [6.45, 7) is 6.27. The van der Waals surface area contributed by atoms with E-state index in [1.165, 1.54) is 0 Å². The number of benzene rings is 1. The molecule has 1 atom stereocenters. The topological polar surface area (TPSA) is 84.8 Å². The van der Waals surface area contributed by atoms with E-state index in [2.05, 4.69) is 14.9 Å². The molecule has 1 aliphatic rings. The molecule has 0 amide bonds. The number of aryl methyl sites for hydroxylation is 2. The van der Waals surface area contributed by atoms with Gasteiger partial charge in [0, 0.05) is 36.6 Å². The van der Waals surface area contributed by atoms with Gasteiger partial charge < -0.3 is 14.6 Å². The van der Waals surface area contributed by atoms with Gasteiger partial charge in [0.1, 0.15) is 11.9 Å². The lowest BCUT2D eigenvalue weighted by molar-refractivity contribution is -0.139. The maximum Gasteiger partial charge on any atom is 0.341 e. The summed E-state index contributed by atoms with van der Waals surface area (Å²) in [7, 11) is 0. The third-order valence-electron chi connectivity index (χ3n) is 4.16. The van der Waals surface area contributed by atoms with Crippen molar-refractivity contribution in [2.75, 3.05) is 26.3 Å². The average Bonchev–Trinajstić information content (AvgIpc) is 2.60. The Kier molecular flexibility index (Phi) is 5.80. The molecule has 7 heteroatoms. The highest BCUT2D eigenvalue weighted by atomic mass is 16.5. The zero-order valence-corrected chi connectivity index (χ0v) is 15.0. The van der Waals surface area contributed by atoms with Crippen LogP contribution >= 0.6 is 0 Å². The fraction of sp³-hybridized carbons (Fsp3) is 0.421. The van der Waals surface area contributed by atoms with Crippen molar-refractivity contribution in [3.8, 4) is 5.75 Å². The van der Waals surface area contributed by atoms with Crippen LogP contribution in [-0.2, 0) is 16.1 Å². The average molecular weight is 357 g/mol. The van der Waals surface area contributed by atoms with Crippen LogP contribution in [-0.4, -0.2) is 52.2 Å². The van der Waals surface area contributed by atoms with Gasteiger partial charge in [-0.2, -0.15) is 0 Å². The van der Waals surface area contributed by atoms with E-state index >= 15 is 0 Å².